The van der Waals surface area contributed by atoms with Gasteiger partial charge in [0.15, 0.2) is 0 Å². The third kappa shape index (κ3) is 16.9. The molecule has 0 N–H and O–H groups in total. The van der Waals surface area contributed by atoms with Crippen LogP contribution in [0.3, 0.4) is 0 Å². The third-order valence-corrected chi connectivity index (χ3v) is 3.77. The van der Waals surface area contributed by atoms with Crippen molar-refractivity contribution in [3.05, 3.63) is 0 Å². The molecular weight excluding hydrogens is 368 g/mol. The fourth-order valence-corrected chi connectivity index (χ4v) is 2.28. The minimum atomic E-state index is -0.491. The Balaban J connectivity index is 3.99. The van der Waals surface area contributed by atoms with Crippen LogP contribution >= 0.6 is 0 Å². The lowest BCUT2D eigenvalue weighted by atomic mass is 9.99. The van der Waals surface area contributed by atoms with Crippen LogP contribution in [0.5, 0.6) is 0 Å². The van der Waals surface area contributed by atoms with Gasteiger partial charge in [0.2, 0.25) is 0 Å². The third-order valence-electron chi connectivity index (χ3n) is 3.77. The molecule has 0 bridgehead atoms. The molecule has 0 aliphatic carbocycles. The predicted octanol–water partition coefficient (Wildman–Crippen LogP) is 2.38. The van der Waals surface area contributed by atoms with E-state index < -0.39 is 11.9 Å². The summed E-state index contributed by atoms with van der Waals surface area (Å²) >= 11 is 0. The second-order valence-corrected chi connectivity index (χ2v) is 6.05. The molecule has 166 valence electrons. The number of carbonyl (C=O) groups is 2. The Labute approximate surface area is 169 Å². The lowest BCUT2D eigenvalue weighted by molar-refractivity contribution is -0.157. The first-order valence-corrected chi connectivity index (χ1v) is 10.3. The summed E-state index contributed by atoms with van der Waals surface area (Å²) in [6.45, 7) is 10.1. The van der Waals surface area contributed by atoms with E-state index in [4.69, 9.17) is 28.4 Å². The van der Waals surface area contributed by atoms with Gasteiger partial charge in [0, 0.05) is 13.2 Å². The van der Waals surface area contributed by atoms with E-state index in [1.807, 2.05) is 20.8 Å². The summed E-state index contributed by atoms with van der Waals surface area (Å²) in [5.74, 6) is -1.29. The molecule has 1 unspecified atom stereocenters. The molecule has 0 aromatic rings. The maximum absolute atomic E-state index is 12.2. The van der Waals surface area contributed by atoms with Crippen LogP contribution in [0.25, 0.3) is 0 Å². The number of unbranched alkanes of at least 4 members (excludes halogenated alkanes) is 1. The fraction of sp³-hybridized carbons (Fsp3) is 0.900. The average Bonchev–Trinajstić information content (AvgIpc) is 2.69. The molecule has 8 heteroatoms. The van der Waals surface area contributed by atoms with Gasteiger partial charge in [-0.05, 0) is 20.3 Å². The van der Waals surface area contributed by atoms with E-state index in [0.29, 0.717) is 59.3 Å². The summed E-state index contributed by atoms with van der Waals surface area (Å²) in [7, 11) is 0. The van der Waals surface area contributed by atoms with Crippen LogP contribution in [-0.2, 0) is 38.0 Å². The quantitative estimate of drug-likeness (QED) is 0.225. The maximum Gasteiger partial charge on any atom is 0.309 e. The highest BCUT2D eigenvalue weighted by Crippen LogP contribution is 2.16. The highest BCUT2D eigenvalue weighted by Gasteiger charge is 2.23. The van der Waals surface area contributed by atoms with Gasteiger partial charge in [0.1, 0.15) is 13.2 Å². The van der Waals surface area contributed by atoms with Gasteiger partial charge in [0.05, 0.1) is 52.0 Å². The Hall–Kier alpha value is -1.22. The Bertz CT molecular complexity index is 375. The van der Waals surface area contributed by atoms with E-state index in [0.717, 1.165) is 12.8 Å². The van der Waals surface area contributed by atoms with Crippen molar-refractivity contribution in [3.63, 3.8) is 0 Å². The molecule has 0 saturated carbocycles. The van der Waals surface area contributed by atoms with Gasteiger partial charge in [0.25, 0.3) is 0 Å². The van der Waals surface area contributed by atoms with Crippen molar-refractivity contribution in [2.75, 3.05) is 66.1 Å². The summed E-state index contributed by atoms with van der Waals surface area (Å²) in [6.07, 6.45) is 2.40. The van der Waals surface area contributed by atoms with Crippen LogP contribution in [0.15, 0.2) is 0 Å². The van der Waals surface area contributed by atoms with Crippen molar-refractivity contribution >= 4 is 11.9 Å². The van der Waals surface area contributed by atoms with Gasteiger partial charge in [-0.25, -0.2) is 0 Å². The molecule has 0 aliphatic rings. The first-order chi connectivity index (χ1) is 13.7. The van der Waals surface area contributed by atoms with E-state index in [1.54, 1.807) is 0 Å². The van der Waals surface area contributed by atoms with Crippen molar-refractivity contribution in [2.45, 2.75) is 46.5 Å². The second-order valence-electron chi connectivity index (χ2n) is 6.05. The predicted molar refractivity (Wildman–Crippen MR) is 104 cm³/mol. The van der Waals surface area contributed by atoms with Crippen molar-refractivity contribution in [1.82, 2.24) is 0 Å². The largest absolute Gasteiger partial charge is 0.463 e. The van der Waals surface area contributed by atoms with E-state index in [2.05, 4.69) is 0 Å². The van der Waals surface area contributed by atoms with Gasteiger partial charge >= 0.3 is 11.9 Å². The molecule has 0 radical (unpaired) electrons. The normalized spacial score (nSPS) is 12.0. The van der Waals surface area contributed by atoms with Crippen LogP contribution in [0.4, 0.5) is 0 Å². The van der Waals surface area contributed by atoms with E-state index in [9.17, 15) is 9.59 Å². The zero-order valence-corrected chi connectivity index (χ0v) is 17.7. The lowest BCUT2D eigenvalue weighted by Gasteiger charge is -2.15. The molecule has 8 nitrogen and oxygen atoms in total. The summed E-state index contributed by atoms with van der Waals surface area (Å²) in [5, 5.41) is 0. The van der Waals surface area contributed by atoms with Gasteiger partial charge in [-0.1, -0.05) is 19.8 Å². The number of esters is 2. The van der Waals surface area contributed by atoms with Crippen molar-refractivity contribution < 1.29 is 38.0 Å². The monoisotopic (exact) mass is 406 g/mol. The molecule has 0 spiro atoms. The standard InChI is InChI=1S/C20H38O8/c1-4-7-8-18(20(22)28-16-14-26-12-10-24-6-3)17-19(21)27-15-13-25-11-9-23-5-2/h18H,4-17H2,1-3H3. The Morgan fingerprint density at radius 2 is 1.18 bits per heavy atom. The SMILES string of the molecule is CCCCC(CC(=O)OCCOCCOCC)C(=O)OCCOCCOCC. The first-order valence-electron chi connectivity index (χ1n) is 10.3. The molecule has 0 aliphatic heterocycles. The molecule has 0 saturated heterocycles. The smallest absolute Gasteiger partial charge is 0.309 e. The van der Waals surface area contributed by atoms with Crippen LogP contribution in [0.2, 0.25) is 0 Å². The summed E-state index contributed by atoms with van der Waals surface area (Å²) in [5.41, 5.74) is 0. The number of hydrogen-bond donors (Lipinski definition) is 0. The fourth-order valence-electron chi connectivity index (χ4n) is 2.28. The molecular formula is C20H38O8. The molecule has 0 aromatic carbocycles. The minimum absolute atomic E-state index is 0.0168. The summed E-state index contributed by atoms with van der Waals surface area (Å²) < 4.78 is 31.3. The summed E-state index contributed by atoms with van der Waals surface area (Å²) in [6, 6.07) is 0. The Kier molecular flexibility index (Phi) is 19.6. The zero-order valence-electron chi connectivity index (χ0n) is 17.7. The molecule has 0 aromatic heterocycles. The van der Waals surface area contributed by atoms with E-state index in [-0.39, 0.29) is 25.6 Å². The Morgan fingerprint density at radius 1 is 0.679 bits per heavy atom. The van der Waals surface area contributed by atoms with E-state index in [1.165, 1.54) is 0 Å². The molecule has 0 heterocycles. The highest BCUT2D eigenvalue weighted by molar-refractivity contribution is 5.79. The van der Waals surface area contributed by atoms with Crippen molar-refractivity contribution in [2.24, 2.45) is 5.92 Å². The zero-order chi connectivity index (χ0) is 20.9. The van der Waals surface area contributed by atoms with Crippen LogP contribution in [0.1, 0.15) is 46.5 Å². The average molecular weight is 407 g/mol. The van der Waals surface area contributed by atoms with Crippen LogP contribution in [0, 0.1) is 5.92 Å². The van der Waals surface area contributed by atoms with Gasteiger partial charge < -0.3 is 28.4 Å². The minimum Gasteiger partial charge on any atom is -0.463 e. The molecule has 0 amide bonds. The van der Waals surface area contributed by atoms with Gasteiger partial charge in [-0.3, -0.25) is 9.59 Å². The van der Waals surface area contributed by atoms with Crippen LogP contribution < -0.4 is 0 Å². The number of rotatable bonds is 20. The topological polar surface area (TPSA) is 89.5 Å². The maximum atomic E-state index is 12.2. The first kappa shape index (κ1) is 26.8. The number of carbonyl (C=O) groups excluding carboxylic acids is 2. The molecule has 28 heavy (non-hydrogen) atoms. The van der Waals surface area contributed by atoms with Crippen molar-refractivity contribution in [3.8, 4) is 0 Å². The second kappa shape index (κ2) is 20.5. The molecule has 1 atom stereocenters. The molecule has 0 fully saturated rings. The van der Waals surface area contributed by atoms with Gasteiger partial charge in [-0.15, -0.1) is 0 Å². The van der Waals surface area contributed by atoms with E-state index >= 15 is 0 Å². The number of ether oxygens (including phenoxy) is 6. The Morgan fingerprint density at radius 3 is 1.71 bits per heavy atom. The highest BCUT2D eigenvalue weighted by atomic mass is 16.6. The number of hydrogen-bond acceptors (Lipinski definition) is 8. The van der Waals surface area contributed by atoms with Gasteiger partial charge in [-0.2, -0.15) is 0 Å². The lowest BCUT2D eigenvalue weighted by Crippen LogP contribution is -2.24. The van der Waals surface area contributed by atoms with Crippen LogP contribution in [-0.4, -0.2) is 78.0 Å². The van der Waals surface area contributed by atoms with Crippen molar-refractivity contribution in [1.29, 1.82) is 0 Å². The molecule has 0 rings (SSSR count). The summed E-state index contributed by atoms with van der Waals surface area (Å²) in [4.78, 5) is 24.2.